The Labute approximate surface area is 188 Å². The Kier molecular flexibility index (Phi) is 7.14. The van der Waals surface area contributed by atoms with Gasteiger partial charge in [0.2, 0.25) is 5.76 Å². The fourth-order valence-electron chi connectivity index (χ4n) is 2.60. The Balaban J connectivity index is 1.55. The number of hydrogen-bond acceptors (Lipinski definition) is 7. The minimum Gasteiger partial charge on any atom is -0.486 e. The molecule has 178 valence electrons. The van der Waals surface area contributed by atoms with Crippen LogP contribution in [0.25, 0.3) is 0 Å². The van der Waals surface area contributed by atoms with E-state index in [1.807, 2.05) is 5.32 Å². The summed E-state index contributed by atoms with van der Waals surface area (Å²) in [7, 11) is 0. The van der Waals surface area contributed by atoms with Crippen LogP contribution in [-0.2, 0) is 22.3 Å². The Morgan fingerprint density at radius 1 is 1.06 bits per heavy atom. The SMILES string of the molecule is O=C(COC(=O)c1ccc(COc2ccc(F)cc2)o1)Nc1ccc(C(F)(F)F)cc1[N+](=O)[O-]. The molecule has 9 nitrogen and oxygen atoms in total. The van der Waals surface area contributed by atoms with Gasteiger partial charge in [0.05, 0.1) is 10.5 Å². The van der Waals surface area contributed by atoms with Crippen LogP contribution < -0.4 is 10.1 Å². The van der Waals surface area contributed by atoms with Gasteiger partial charge in [-0.05, 0) is 48.5 Å². The molecule has 0 aliphatic heterocycles. The van der Waals surface area contributed by atoms with Crippen LogP contribution in [0.4, 0.5) is 28.9 Å². The number of amides is 1. The minimum absolute atomic E-state index is 0.0863. The Hall–Kier alpha value is -4.42. The fourth-order valence-corrected chi connectivity index (χ4v) is 2.60. The van der Waals surface area contributed by atoms with Crippen molar-refractivity contribution in [3.63, 3.8) is 0 Å². The van der Waals surface area contributed by atoms with E-state index in [2.05, 4.69) is 0 Å². The number of halogens is 4. The predicted molar refractivity (Wildman–Crippen MR) is 106 cm³/mol. The number of carbonyl (C=O) groups excluding carboxylic acids is 2. The van der Waals surface area contributed by atoms with Crippen molar-refractivity contribution >= 4 is 23.3 Å². The molecular formula is C21H14F4N2O7. The highest BCUT2D eigenvalue weighted by Gasteiger charge is 2.33. The summed E-state index contributed by atoms with van der Waals surface area (Å²) in [5.74, 6) is -2.19. The lowest BCUT2D eigenvalue weighted by atomic mass is 10.1. The summed E-state index contributed by atoms with van der Waals surface area (Å²) in [5, 5.41) is 13.1. The number of nitrogens with one attached hydrogen (secondary N) is 1. The van der Waals surface area contributed by atoms with Crippen molar-refractivity contribution in [1.82, 2.24) is 0 Å². The maximum absolute atomic E-state index is 12.9. The molecule has 0 aliphatic rings. The van der Waals surface area contributed by atoms with Crippen LogP contribution in [0.15, 0.2) is 59.0 Å². The van der Waals surface area contributed by atoms with Gasteiger partial charge in [0.1, 0.15) is 29.6 Å². The van der Waals surface area contributed by atoms with E-state index in [1.54, 1.807) is 0 Å². The average Bonchev–Trinajstić information content (AvgIpc) is 3.25. The third-order valence-electron chi connectivity index (χ3n) is 4.19. The number of alkyl halides is 3. The number of esters is 1. The number of ether oxygens (including phenoxy) is 2. The molecule has 0 saturated heterocycles. The number of rotatable bonds is 8. The second-order valence-electron chi connectivity index (χ2n) is 6.62. The van der Waals surface area contributed by atoms with Crippen molar-refractivity contribution in [3.05, 3.63) is 87.6 Å². The molecular weight excluding hydrogens is 468 g/mol. The number of furan rings is 1. The highest BCUT2D eigenvalue weighted by molar-refractivity contribution is 5.96. The lowest BCUT2D eigenvalue weighted by Crippen LogP contribution is -2.21. The van der Waals surface area contributed by atoms with Gasteiger partial charge in [0.25, 0.3) is 11.6 Å². The third-order valence-corrected chi connectivity index (χ3v) is 4.19. The summed E-state index contributed by atoms with van der Waals surface area (Å²) in [6.45, 7) is -0.976. The summed E-state index contributed by atoms with van der Waals surface area (Å²) < 4.78 is 66.5. The summed E-state index contributed by atoms with van der Waals surface area (Å²) in [6, 6.07) is 9.42. The first-order valence-corrected chi connectivity index (χ1v) is 9.32. The van der Waals surface area contributed by atoms with E-state index in [0.717, 1.165) is 6.07 Å². The van der Waals surface area contributed by atoms with Gasteiger partial charge in [0, 0.05) is 6.07 Å². The number of nitrogens with zero attached hydrogens (tertiary/aromatic N) is 1. The molecule has 0 fully saturated rings. The second kappa shape index (κ2) is 10.0. The molecule has 3 rings (SSSR count). The van der Waals surface area contributed by atoms with Crippen molar-refractivity contribution in [2.75, 3.05) is 11.9 Å². The zero-order valence-corrected chi connectivity index (χ0v) is 16.9. The topological polar surface area (TPSA) is 121 Å². The number of nitro groups is 1. The first-order chi connectivity index (χ1) is 16.0. The first kappa shape index (κ1) is 24.2. The van der Waals surface area contributed by atoms with Crippen LogP contribution in [0.1, 0.15) is 21.9 Å². The largest absolute Gasteiger partial charge is 0.486 e. The Bertz CT molecular complexity index is 1210. The molecule has 3 aromatic rings. The van der Waals surface area contributed by atoms with Gasteiger partial charge in [-0.15, -0.1) is 0 Å². The van der Waals surface area contributed by atoms with Crippen LogP contribution in [0.3, 0.4) is 0 Å². The molecule has 0 unspecified atom stereocenters. The summed E-state index contributed by atoms with van der Waals surface area (Å²) >= 11 is 0. The van der Waals surface area contributed by atoms with Crippen LogP contribution >= 0.6 is 0 Å². The van der Waals surface area contributed by atoms with Crippen LogP contribution in [0, 0.1) is 15.9 Å². The van der Waals surface area contributed by atoms with Crippen molar-refractivity contribution in [2.24, 2.45) is 0 Å². The number of hydrogen-bond donors (Lipinski definition) is 1. The van der Waals surface area contributed by atoms with E-state index in [-0.39, 0.29) is 24.2 Å². The van der Waals surface area contributed by atoms with Crippen LogP contribution in [0.5, 0.6) is 5.75 Å². The number of anilines is 1. The smallest absolute Gasteiger partial charge is 0.416 e. The van der Waals surface area contributed by atoms with Gasteiger partial charge < -0.3 is 19.2 Å². The van der Waals surface area contributed by atoms with Crippen LogP contribution in [-0.4, -0.2) is 23.4 Å². The molecule has 0 bridgehead atoms. The van der Waals surface area contributed by atoms with E-state index >= 15 is 0 Å². The molecule has 1 N–H and O–H groups in total. The summed E-state index contributed by atoms with van der Waals surface area (Å²) in [5.41, 5.74) is -2.75. The van der Waals surface area contributed by atoms with E-state index in [4.69, 9.17) is 13.9 Å². The molecule has 0 radical (unpaired) electrons. The monoisotopic (exact) mass is 482 g/mol. The fraction of sp³-hybridized carbons (Fsp3) is 0.143. The van der Waals surface area contributed by atoms with Crippen molar-refractivity contribution in [2.45, 2.75) is 12.8 Å². The lowest BCUT2D eigenvalue weighted by Gasteiger charge is -2.10. The maximum atomic E-state index is 12.9. The minimum atomic E-state index is -4.81. The molecule has 2 aromatic carbocycles. The lowest BCUT2D eigenvalue weighted by molar-refractivity contribution is -0.384. The highest BCUT2D eigenvalue weighted by Crippen LogP contribution is 2.34. The van der Waals surface area contributed by atoms with Gasteiger partial charge in [0.15, 0.2) is 6.61 Å². The van der Waals surface area contributed by atoms with Crippen LogP contribution in [0.2, 0.25) is 0 Å². The van der Waals surface area contributed by atoms with E-state index < -0.39 is 52.3 Å². The standard InChI is InChI=1S/C21H14F4N2O7/c22-13-2-4-14(5-3-13)32-10-15-6-8-18(34-15)20(29)33-11-19(28)26-16-7-1-12(21(23,24)25)9-17(16)27(30)31/h1-9H,10-11H2,(H,26,28). The quantitative estimate of drug-likeness (QED) is 0.213. The summed E-state index contributed by atoms with van der Waals surface area (Å²) in [4.78, 5) is 34.0. The predicted octanol–water partition coefficient (Wildman–Crippen LogP) is 4.72. The van der Waals surface area contributed by atoms with Gasteiger partial charge in [-0.2, -0.15) is 13.2 Å². The first-order valence-electron chi connectivity index (χ1n) is 9.32. The number of nitro benzene ring substituents is 1. The molecule has 34 heavy (non-hydrogen) atoms. The average molecular weight is 482 g/mol. The molecule has 0 saturated carbocycles. The van der Waals surface area contributed by atoms with E-state index in [9.17, 15) is 37.3 Å². The zero-order valence-electron chi connectivity index (χ0n) is 16.9. The van der Waals surface area contributed by atoms with Gasteiger partial charge in [-0.25, -0.2) is 9.18 Å². The third kappa shape index (κ3) is 6.31. The molecule has 0 atom stereocenters. The highest BCUT2D eigenvalue weighted by atomic mass is 19.4. The Morgan fingerprint density at radius 3 is 2.41 bits per heavy atom. The summed E-state index contributed by atoms with van der Waals surface area (Å²) in [6.07, 6.45) is -4.81. The van der Waals surface area contributed by atoms with E-state index in [1.165, 1.54) is 36.4 Å². The Morgan fingerprint density at radius 2 is 1.76 bits per heavy atom. The number of carbonyl (C=O) groups is 2. The van der Waals surface area contributed by atoms with Gasteiger partial charge >= 0.3 is 12.1 Å². The molecule has 1 heterocycles. The second-order valence-corrected chi connectivity index (χ2v) is 6.62. The number of benzene rings is 2. The van der Waals surface area contributed by atoms with Crippen molar-refractivity contribution in [3.8, 4) is 5.75 Å². The molecule has 0 aliphatic carbocycles. The van der Waals surface area contributed by atoms with Crippen molar-refractivity contribution < 1.29 is 46.0 Å². The van der Waals surface area contributed by atoms with Crippen molar-refractivity contribution in [1.29, 1.82) is 0 Å². The normalized spacial score (nSPS) is 11.1. The van der Waals surface area contributed by atoms with Gasteiger partial charge in [-0.1, -0.05) is 0 Å². The van der Waals surface area contributed by atoms with E-state index in [0.29, 0.717) is 11.8 Å². The molecule has 0 spiro atoms. The molecule has 1 amide bonds. The molecule has 1 aromatic heterocycles. The van der Waals surface area contributed by atoms with Gasteiger partial charge in [-0.3, -0.25) is 14.9 Å². The molecule has 13 heteroatoms. The maximum Gasteiger partial charge on any atom is 0.416 e. The zero-order chi connectivity index (χ0) is 24.9.